The number of H-pyrrole nitrogens is 1. The fraction of sp³-hybridized carbons (Fsp3) is 0.667. The average Bonchev–Trinajstić information content (AvgIpc) is 2.69. The number of halogens is 1. The maximum absolute atomic E-state index is 13.9. The van der Waals surface area contributed by atoms with Gasteiger partial charge in [0.05, 0.1) is 0 Å². The van der Waals surface area contributed by atoms with E-state index in [2.05, 4.69) is 0 Å². The highest BCUT2D eigenvalue weighted by Gasteiger charge is 2.49. The number of hydrogen-bond acceptors (Lipinski definition) is 4. The van der Waals surface area contributed by atoms with Crippen LogP contribution in [0.5, 0.6) is 0 Å². The lowest BCUT2D eigenvalue weighted by molar-refractivity contribution is -0.309. The third kappa shape index (κ3) is 3.10. The lowest BCUT2D eigenvalue weighted by atomic mass is 10.1. The third-order valence-corrected chi connectivity index (χ3v) is 2.90. The molecule has 2 rings (SSSR count). The van der Waals surface area contributed by atoms with Crippen LogP contribution in [0.4, 0.5) is 4.39 Å². The van der Waals surface area contributed by atoms with E-state index >= 15 is 0 Å². The number of alkyl halides is 1. The first-order valence-corrected chi connectivity index (χ1v) is 6.32. The van der Waals surface area contributed by atoms with Crippen molar-refractivity contribution in [1.29, 1.82) is 0 Å². The Morgan fingerprint density at radius 3 is 2.58 bits per heavy atom. The molecule has 1 saturated heterocycles. The molecule has 19 heavy (non-hydrogen) atoms. The van der Waals surface area contributed by atoms with Gasteiger partial charge in [-0.3, -0.25) is 14.5 Å². The Labute approximate surface area is 109 Å². The summed E-state index contributed by atoms with van der Waals surface area (Å²) in [6.07, 6.45) is 1.10. The fourth-order valence-corrected chi connectivity index (χ4v) is 1.86. The first kappa shape index (κ1) is 15.6. The van der Waals surface area contributed by atoms with Crippen LogP contribution in [0.25, 0.3) is 0 Å². The largest absolute Gasteiger partial charge is 0.348 e. The standard InChI is InChI=1S/C10H13FN2O4.C2H6/c1-2-9(11)4-5-10(16,17-9)13-6-3-7(14)12-8(13)15;1-2/h3,6,16H,2,4-5H2,1H3,(H,12,14,15);1-2H3. The van der Waals surface area contributed by atoms with Gasteiger partial charge < -0.3 is 5.11 Å². The molecule has 0 bridgehead atoms. The van der Waals surface area contributed by atoms with Gasteiger partial charge in [-0.15, -0.1) is 0 Å². The molecule has 1 aromatic rings. The van der Waals surface area contributed by atoms with Crippen LogP contribution in [-0.4, -0.2) is 20.5 Å². The normalized spacial score (nSPS) is 29.7. The van der Waals surface area contributed by atoms with Crippen molar-refractivity contribution in [2.45, 2.75) is 51.8 Å². The minimum Gasteiger partial charge on any atom is -0.348 e. The van der Waals surface area contributed by atoms with Gasteiger partial charge in [-0.2, -0.15) is 0 Å². The van der Waals surface area contributed by atoms with Gasteiger partial charge in [0.15, 0.2) is 0 Å². The van der Waals surface area contributed by atoms with Gasteiger partial charge in [-0.05, 0) is 0 Å². The molecule has 0 radical (unpaired) electrons. The van der Waals surface area contributed by atoms with Crippen molar-refractivity contribution in [1.82, 2.24) is 9.55 Å². The van der Waals surface area contributed by atoms with E-state index in [0.29, 0.717) is 0 Å². The second kappa shape index (κ2) is 5.66. The van der Waals surface area contributed by atoms with Crippen molar-refractivity contribution in [3.8, 4) is 0 Å². The van der Waals surface area contributed by atoms with Gasteiger partial charge in [-0.25, -0.2) is 13.8 Å². The predicted molar refractivity (Wildman–Crippen MR) is 67.3 cm³/mol. The lowest BCUT2D eigenvalue weighted by Crippen LogP contribution is -2.44. The van der Waals surface area contributed by atoms with E-state index in [1.807, 2.05) is 18.8 Å². The van der Waals surface area contributed by atoms with Crippen LogP contribution >= 0.6 is 0 Å². The summed E-state index contributed by atoms with van der Waals surface area (Å²) in [6.45, 7) is 5.58. The zero-order valence-electron chi connectivity index (χ0n) is 11.3. The minimum absolute atomic E-state index is 0.00837. The monoisotopic (exact) mass is 274 g/mol. The van der Waals surface area contributed by atoms with Crippen LogP contribution < -0.4 is 11.2 Å². The van der Waals surface area contributed by atoms with Crippen LogP contribution in [0.1, 0.15) is 40.0 Å². The van der Waals surface area contributed by atoms with Crippen molar-refractivity contribution in [3.05, 3.63) is 33.1 Å². The minimum atomic E-state index is -2.04. The highest BCUT2D eigenvalue weighted by molar-refractivity contribution is 4.89. The maximum Gasteiger partial charge on any atom is 0.332 e. The lowest BCUT2D eigenvalue weighted by Gasteiger charge is -2.26. The fourth-order valence-electron chi connectivity index (χ4n) is 1.86. The highest BCUT2D eigenvalue weighted by Crippen LogP contribution is 2.41. The van der Waals surface area contributed by atoms with Crippen LogP contribution in [-0.2, 0) is 10.6 Å². The van der Waals surface area contributed by atoms with Gasteiger partial charge in [0.2, 0.25) is 5.85 Å². The van der Waals surface area contributed by atoms with Crippen LogP contribution in [0.2, 0.25) is 0 Å². The molecule has 0 aromatic carbocycles. The molecule has 6 nitrogen and oxygen atoms in total. The zero-order chi connectivity index (χ0) is 14.7. The summed E-state index contributed by atoms with van der Waals surface area (Å²) in [6, 6.07) is 1.06. The molecule has 0 saturated carbocycles. The average molecular weight is 274 g/mol. The van der Waals surface area contributed by atoms with Gasteiger partial charge in [-0.1, -0.05) is 20.8 Å². The molecule has 1 fully saturated rings. The van der Waals surface area contributed by atoms with E-state index in [1.54, 1.807) is 6.92 Å². The Kier molecular flexibility index (Phi) is 4.65. The number of hydrogen-bond donors (Lipinski definition) is 2. The molecule has 1 aliphatic rings. The summed E-state index contributed by atoms with van der Waals surface area (Å²) in [4.78, 5) is 24.3. The molecule has 108 valence electrons. The Bertz CT molecular complexity index is 541. The Morgan fingerprint density at radius 1 is 1.47 bits per heavy atom. The van der Waals surface area contributed by atoms with Crippen molar-refractivity contribution in [3.63, 3.8) is 0 Å². The molecular weight excluding hydrogens is 255 g/mol. The number of nitrogens with one attached hydrogen (secondary N) is 1. The Balaban J connectivity index is 0.000000861. The third-order valence-electron chi connectivity index (χ3n) is 2.90. The van der Waals surface area contributed by atoms with Gasteiger partial charge in [0, 0.05) is 31.5 Å². The summed E-state index contributed by atoms with van der Waals surface area (Å²) in [5.74, 6) is -3.98. The molecule has 2 unspecified atom stereocenters. The van der Waals surface area contributed by atoms with E-state index in [9.17, 15) is 19.1 Å². The van der Waals surface area contributed by atoms with Crippen LogP contribution in [0.15, 0.2) is 21.9 Å². The molecular formula is C12H19FN2O4. The van der Waals surface area contributed by atoms with E-state index in [0.717, 1.165) is 16.8 Å². The molecule has 2 heterocycles. The molecule has 7 heteroatoms. The molecule has 0 spiro atoms. The van der Waals surface area contributed by atoms with E-state index in [-0.39, 0.29) is 19.3 Å². The van der Waals surface area contributed by atoms with Gasteiger partial charge in [0.1, 0.15) is 0 Å². The summed E-state index contributed by atoms with van der Waals surface area (Å²) in [5, 5.41) is 10.1. The Morgan fingerprint density at radius 2 is 2.11 bits per heavy atom. The molecule has 1 aliphatic heterocycles. The SMILES string of the molecule is CC.CCC1(F)CCC(O)(n2ccc(=O)[nH]c2=O)O1. The van der Waals surface area contributed by atoms with Gasteiger partial charge in [0.25, 0.3) is 11.5 Å². The molecule has 2 atom stereocenters. The van der Waals surface area contributed by atoms with Crippen molar-refractivity contribution >= 4 is 0 Å². The number of aromatic amines is 1. The smallest absolute Gasteiger partial charge is 0.332 e. The van der Waals surface area contributed by atoms with Crippen molar-refractivity contribution in [2.24, 2.45) is 0 Å². The zero-order valence-corrected chi connectivity index (χ0v) is 11.3. The van der Waals surface area contributed by atoms with E-state index in [4.69, 9.17) is 4.74 Å². The number of rotatable bonds is 2. The summed E-state index contributed by atoms with van der Waals surface area (Å²) < 4.78 is 19.6. The predicted octanol–water partition coefficient (Wildman–Crippen LogP) is 1.05. The second-order valence-electron chi connectivity index (χ2n) is 4.06. The topological polar surface area (TPSA) is 84.3 Å². The number of aromatic nitrogens is 2. The maximum atomic E-state index is 13.9. The molecule has 1 aromatic heterocycles. The van der Waals surface area contributed by atoms with Crippen molar-refractivity contribution < 1.29 is 14.2 Å². The Hall–Kier alpha value is -1.47. The van der Waals surface area contributed by atoms with Crippen LogP contribution in [0.3, 0.4) is 0 Å². The number of nitrogens with zero attached hydrogens (tertiary/aromatic N) is 1. The number of ether oxygens (including phenoxy) is 1. The first-order chi connectivity index (χ1) is 8.88. The summed E-state index contributed by atoms with van der Waals surface area (Å²) in [7, 11) is 0. The summed E-state index contributed by atoms with van der Waals surface area (Å²) >= 11 is 0. The second-order valence-corrected chi connectivity index (χ2v) is 4.06. The quantitative estimate of drug-likeness (QED) is 0.844. The first-order valence-electron chi connectivity index (χ1n) is 6.32. The molecule has 0 amide bonds. The van der Waals surface area contributed by atoms with E-state index in [1.165, 1.54) is 0 Å². The van der Waals surface area contributed by atoms with E-state index < -0.39 is 23.0 Å². The molecule has 2 N–H and O–H groups in total. The summed E-state index contributed by atoms with van der Waals surface area (Å²) in [5.41, 5.74) is -1.42. The highest BCUT2D eigenvalue weighted by atomic mass is 19.2. The van der Waals surface area contributed by atoms with Crippen LogP contribution in [0, 0.1) is 0 Å². The van der Waals surface area contributed by atoms with Crippen molar-refractivity contribution in [2.75, 3.05) is 0 Å². The number of aliphatic hydroxyl groups is 1. The molecule has 0 aliphatic carbocycles. The van der Waals surface area contributed by atoms with Gasteiger partial charge >= 0.3 is 5.69 Å².